The zero-order chi connectivity index (χ0) is 59.2. The van der Waals surface area contributed by atoms with Crippen molar-refractivity contribution in [3.05, 3.63) is 108 Å². The van der Waals surface area contributed by atoms with Crippen molar-refractivity contribution in [2.75, 3.05) is 24.7 Å². The minimum atomic E-state index is -1.77. The normalized spacial score (nSPS) is 22.1. The van der Waals surface area contributed by atoms with Crippen LogP contribution in [0.5, 0.6) is 0 Å². The zero-order valence-corrected chi connectivity index (χ0v) is 47.1. The number of esters is 1. The van der Waals surface area contributed by atoms with Crippen LogP contribution in [0.1, 0.15) is 63.6 Å². The Morgan fingerprint density at radius 3 is 1.93 bits per heavy atom. The molecule has 26 heteroatoms. The van der Waals surface area contributed by atoms with E-state index in [9.17, 15) is 63.6 Å². The second-order valence-electron chi connectivity index (χ2n) is 19.7. The molecule has 3 aromatic carbocycles. The minimum Gasteiger partial charge on any atom is -0.451 e. The van der Waals surface area contributed by atoms with E-state index in [-0.39, 0.29) is 56.6 Å². The van der Waals surface area contributed by atoms with Crippen molar-refractivity contribution in [2.24, 2.45) is 5.73 Å². The first-order chi connectivity index (χ1) is 38.6. The number of nitrogens with two attached hydrogens (primary N) is 1. The number of para-hydroxylation sites is 1. The lowest BCUT2D eigenvalue weighted by Gasteiger charge is -2.29. The number of aliphatic hydroxyl groups excluding tert-OH is 4. The van der Waals surface area contributed by atoms with Gasteiger partial charge in [-0.05, 0) is 76.1 Å². The number of aliphatic hydroxyl groups is 4. The fraction of sp³-hybridized carbons (Fsp3) is 0.473. The van der Waals surface area contributed by atoms with Gasteiger partial charge in [-0.25, -0.2) is 4.79 Å². The number of fused-ring (bicyclic) bond motifs is 1. The molecule has 0 bridgehead atoms. The molecule has 12 atom stereocenters. The average molecular weight is 1160 g/mol. The van der Waals surface area contributed by atoms with Gasteiger partial charge in [-0.2, -0.15) is 0 Å². The lowest BCUT2D eigenvalue weighted by atomic mass is 10.0. The molecule has 8 amide bonds. The highest BCUT2D eigenvalue weighted by molar-refractivity contribution is 8.76. The largest absolute Gasteiger partial charge is 0.451 e. The standard InChI is InChI=1S/C55H74N10O14S2/c1-30(67)43(27-66)62-53(76)45-29-81-80-28-44(63-48(71)38(56)23-34-15-7-5-8-16-34)52(75)60-41(24-35-17-9-6-10-18-35)50(73)61-42(25-36-26-58-39-20-12-11-19-37(36)39)51(74)59-40(49(72)65-46(31(2)68)54(77)64-45)21-13-14-22-57-47(70)33(4)79-55(78)32(3)69/h5-12,15-20,26,30-33,38,40-46,58,66-69H,13-14,21-25,27-29,56H2,1-4H3,(H,57,70)(H,59,74)(H,60,75)(H,61,73)(H,62,76)(H,63,71)(H,64,77)(H,65,72)/t30-,31-,32-,33+,38-,40+,41+,42-,43-,44+,45+,46+/m1/s1. The van der Waals surface area contributed by atoms with Gasteiger partial charge in [0.15, 0.2) is 6.10 Å². The van der Waals surface area contributed by atoms with Crippen LogP contribution >= 0.6 is 21.6 Å². The molecule has 0 saturated carbocycles. The SMILES string of the molecule is C[C@H](OC(=O)[C@@H](C)O)C(=O)NCCCC[C@@H]1NC(=O)[C@@H](Cc2c[nH]c3ccccc23)NC(=O)[C@H](Cc2ccccc2)NC(=O)[C@@H](NC(=O)[C@H](N)Cc2ccccc2)CSSC[C@@H](C(=O)N[C@H](CO)[C@@H](C)O)NC(=O)[C@H]([C@@H](C)O)NC1=O. The van der Waals surface area contributed by atoms with Gasteiger partial charge in [0, 0.05) is 48.0 Å². The Morgan fingerprint density at radius 1 is 0.691 bits per heavy atom. The maximum absolute atomic E-state index is 14.9. The summed E-state index contributed by atoms with van der Waals surface area (Å²) in [6.45, 7) is 4.34. The highest BCUT2D eigenvalue weighted by atomic mass is 33.1. The maximum Gasteiger partial charge on any atom is 0.335 e. The second-order valence-corrected chi connectivity index (χ2v) is 22.3. The Bertz CT molecular complexity index is 2750. The highest BCUT2D eigenvalue weighted by Crippen LogP contribution is 2.24. The monoisotopic (exact) mass is 1160 g/mol. The fourth-order valence-electron chi connectivity index (χ4n) is 8.39. The summed E-state index contributed by atoms with van der Waals surface area (Å²) in [5.41, 5.74) is 9.05. The second kappa shape index (κ2) is 32.4. The van der Waals surface area contributed by atoms with Gasteiger partial charge in [0.2, 0.25) is 41.4 Å². The number of H-pyrrole nitrogens is 1. The Balaban J connectivity index is 1.55. The van der Waals surface area contributed by atoms with E-state index in [0.29, 0.717) is 22.0 Å². The summed E-state index contributed by atoms with van der Waals surface area (Å²) < 4.78 is 4.96. The van der Waals surface area contributed by atoms with Gasteiger partial charge in [0.25, 0.3) is 5.91 Å². The number of carbonyl (C=O) groups excluding carboxylic acids is 9. The number of unbranched alkanes of at least 4 members (excludes halogenated alkanes) is 1. The first-order valence-electron chi connectivity index (χ1n) is 26.5. The van der Waals surface area contributed by atoms with Gasteiger partial charge < -0.3 is 78.4 Å². The molecular formula is C55H74N10O14S2. The van der Waals surface area contributed by atoms with Crippen LogP contribution in [0.15, 0.2) is 91.1 Å². The molecule has 1 fully saturated rings. The van der Waals surface area contributed by atoms with E-state index in [4.69, 9.17) is 10.5 Å². The number of aromatic amines is 1. The lowest BCUT2D eigenvalue weighted by molar-refractivity contribution is -0.162. The molecular weight excluding hydrogens is 1090 g/mol. The summed E-state index contributed by atoms with van der Waals surface area (Å²) in [4.78, 5) is 129. The predicted molar refractivity (Wildman–Crippen MR) is 303 cm³/mol. The molecule has 0 spiro atoms. The van der Waals surface area contributed by atoms with Crippen molar-refractivity contribution in [2.45, 2.75) is 139 Å². The van der Waals surface area contributed by atoms with Crippen molar-refractivity contribution < 1.29 is 68.3 Å². The molecule has 1 aliphatic heterocycles. The lowest BCUT2D eigenvalue weighted by Crippen LogP contribution is -2.62. The number of carbonyl (C=O) groups is 9. The van der Waals surface area contributed by atoms with E-state index in [2.05, 4.69) is 47.5 Å². The van der Waals surface area contributed by atoms with Crippen molar-refractivity contribution >= 4 is 85.7 Å². The summed E-state index contributed by atoms with van der Waals surface area (Å²) in [6, 6.07) is 13.6. The van der Waals surface area contributed by atoms with Crippen molar-refractivity contribution in [1.29, 1.82) is 0 Å². The van der Waals surface area contributed by atoms with E-state index >= 15 is 0 Å². The molecule has 1 saturated heterocycles. The van der Waals surface area contributed by atoms with E-state index < -0.39 is 133 Å². The van der Waals surface area contributed by atoms with E-state index in [1.165, 1.54) is 27.7 Å². The van der Waals surface area contributed by atoms with Crippen LogP contribution in [-0.2, 0) is 67.2 Å². The number of hydrogen-bond donors (Lipinski definition) is 14. The zero-order valence-electron chi connectivity index (χ0n) is 45.4. The maximum atomic E-state index is 14.9. The molecule has 0 unspecified atom stereocenters. The Morgan fingerprint density at radius 2 is 1.28 bits per heavy atom. The third-order valence-corrected chi connectivity index (χ3v) is 15.5. The number of hydrogen-bond acceptors (Lipinski definition) is 17. The summed E-state index contributed by atoms with van der Waals surface area (Å²) in [5.74, 6) is -8.26. The van der Waals surface area contributed by atoms with E-state index in [1.54, 1.807) is 79.0 Å². The third-order valence-electron chi connectivity index (χ3n) is 13.1. The number of rotatable bonds is 21. The van der Waals surface area contributed by atoms with Crippen LogP contribution < -0.4 is 48.3 Å². The number of nitrogens with one attached hydrogen (secondary N) is 9. The first kappa shape index (κ1) is 64.7. The molecule has 440 valence electrons. The van der Waals surface area contributed by atoms with Gasteiger partial charge in [-0.3, -0.25) is 38.4 Å². The van der Waals surface area contributed by atoms with Crippen LogP contribution in [0.25, 0.3) is 10.9 Å². The molecule has 1 aliphatic rings. The summed E-state index contributed by atoms with van der Waals surface area (Å²) >= 11 is 0. The highest BCUT2D eigenvalue weighted by Gasteiger charge is 2.37. The predicted octanol–water partition coefficient (Wildman–Crippen LogP) is -1.34. The topological polar surface area (TPSA) is 382 Å². The van der Waals surface area contributed by atoms with Crippen molar-refractivity contribution in [3.8, 4) is 0 Å². The smallest absolute Gasteiger partial charge is 0.335 e. The first-order valence-corrected chi connectivity index (χ1v) is 29.0. The van der Waals surface area contributed by atoms with Crippen LogP contribution in [0, 0.1) is 0 Å². The van der Waals surface area contributed by atoms with E-state index in [0.717, 1.165) is 27.2 Å². The molecule has 81 heavy (non-hydrogen) atoms. The molecule has 0 aliphatic carbocycles. The summed E-state index contributed by atoms with van der Waals surface area (Å²) in [6.07, 6.45) is -3.92. The van der Waals surface area contributed by atoms with Gasteiger partial charge in [0.05, 0.1) is 30.9 Å². The van der Waals surface area contributed by atoms with Crippen molar-refractivity contribution in [3.63, 3.8) is 0 Å². The van der Waals surface area contributed by atoms with Gasteiger partial charge in [0.1, 0.15) is 42.4 Å². The number of benzene rings is 3. The van der Waals surface area contributed by atoms with Crippen LogP contribution in [0.4, 0.5) is 0 Å². The fourth-order valence-corrected chi connectivity index (χ4v) is 10.7. The molecule has 2 heterocycles. The van der Waals surface area contributed by atoms with Gasteiger partial charge in [-0.1, -0.05) is 100 Å². The molecule has 5 rings (SSSR count). The van der Waals surface area contributed by atoms with Crippen molar-refractivity contribution in [1.82, 2.24) is 47.5 Å². The Labute approximate surface area is 476 Å². The molecule has 0 radical (unpaired) electrons. The third kappa shape index (κ3) is 20.5. The summed E-state index contributed by atoms with van der Waals surface area (Å²) in [7, 11) is 1.98. The number of amides is 8. The average Bonchev–Trinajstić information content (AvgIpc) is 3.98. The number of ether oxygens (including phenoxy) is 1. The van der Waals surface area contributed by atoms with Crippen LogP contribution in [-0.4, -0.2) is 176 Å². The molecule has 24 nitrogen and oxygen atoms in total. The van der Waals surface area contributed by atoms with Gasteiger partial charge in [-0.15, -0.1) is 0 Å². The Hall–Kier alpha value is -7.07. The molecule has 1 aromatic heterocycles. The molecule has 15 N–H and O–H groups in total. The van der Waals surface area contributed by atoms with Gasteiger partial charge >= 0.3 is 5.97 Å². The number of aromatic nitrogens is 1. The Kier molecular flexibility index (Phi) is 25.9. The summed E-state index contributed by atoms with van der Waals surface area (Å²) in [5, 5.41) is 62.7. The van der Waals surface area contributed by atoms with E-state index in [1.807, 2.05) is 12.1 Å². The van der Waals surface area contributed by atoms with Crippen LogP contribution in [0.2, 0.25) is 0 Å². The van der Waals surface area contributed by atoms with Crippen LogP contribution in [0.3, 0.4) is 0 Å². The quantitative estimate of drug-likeness (QED) is 0.0261. The minimum absolute atomic E-state index is 0.00113. The molecule has 4 aromatic rings.